The summed E-state index contributed by atoms with van der Waals surface area (Å²) in [6.45, 7) is 0. The van der Waals surface area contributed by atoms with E-state index in [9.17, 15) is 0 Å². The molecule has 1 N–H and O–H groups in total. The van der Waals surface area contributed by atoms with Gasteiger partial charge >= 0.3 is 25.8 Å². The molecule has 0 aliphatic heterocycles. The van der Waals surface area contributed by atoms with Crippen molar-refractivity contribution >= 4 is 25.8 Å². The summed E-state index contributed by atoms with van der Waals surface area (Å²) < 4.78 is 32.7. The molecule has 0 amide bonds. The van der Waals surface area contributed by atoms with Gasteiger partial charge in [-0.1, -0.05) is 0 Å². The predicted molar refractivity (Wildman–Crippen MR) is 12.2 cm³/mol. The molecule has 6 heavy (non-hydrogen) atoms. The number of hydrogen-bond donors (Lipinski definition) is 1. The minimum Gasteiger partial charge on any atom is -0.183 e. The van der Waals surface area contributed by atoms with Crippen LogP contribution in [0.1, 0.15) is 0 Å². The third-order valence-corrected chi connectivity index (χ3v) is 0. The van der Waals surface area contributed by atoms with Gasteiger partial charge in [-0.05, 0) is 0 Å². The van der Waals surface area contributed by atoms with Crippen LogP contribution in [0.4, 0.5) is 0 Å². The fourth-order valence-electron chi connectivity index (χ4n) is 0. The molecule has 0 aromatic carbocycles. The van der Waals surface area contributed by atoms with Crippen LogP contribution in [0.15, 0.2) is 0 Å². The Kier molecular flexibility index (Phi) is 5.14. The van der Waals surface area contributed by atoms with E-state index in [0.717, 1.165) is 0 Å². The van der Waals surface area contributed by atoms with E-state index in [1.165, 1.54) is 0 Å². The maximum atomic E-state index is 8.60. The molecule has 0 aliphatic rings. The monoisotopic (exact) mass is 218 g/mol. The molecule has 0 radical (unpaired) electrons. The standard InChI is InChI=1S/ClHO4.In.3H/c2-1(3,4)5;;;;/h(H,2,3,4,5);;;;. The van der Waals surface area contributed by atoms with Crippen LogP contribution in [-0.4, -0.2) is 30.5 Å². The van der Waals surface area contributed by atoms with Crippen molar-refractivity contribution in [2.24, 2.45) is 0 Å². The van der Waals surface area contributed by atoms with E-state index in [0.29, 0.717) is 0 Å². The Morgan fingerprint density at radius 2 is 1.17 bits per heavy atom. The normalized spacial score (nSPS) is 10.0. The van der Waals surface area contributed by atoms with Crippen LogP contribution in [0.3, 0.4) is 0 Å². The van der Waals surface area contributed by atoms with Gasteiger partial charge in [-0.3, -0.25) is 0 Å². The molecule has 38 valence electrons. The zero-order chi connectivity index (χ0) is 4.50. The average Bonchev–Trinajstić information content (AvgIpc) is 0.722. The van der Waals surface area contributed by atoms with Crippen LogP contribution in [0.5, 0.6) is 0 Å². The van der Waals surface area contributed by atoms with Crippen molar-refractivity contribution in [3.05, 3.63) is 0 Å². The summed E-state index contributed by atoms with van der Waals surface area (Å²) in [5.74, 6) is 0. The number of halogens is 1. The van der Waals surface area contributed by atoms with Gasteiger partial charge in [0, 0.05) is 0 Å². The number of rotatable bonds is 0. The molecular formula is H4ClInO4. The van der Waals surface area contributed by atoms with Crippen LogP contribution >= 0.6 is 0 Å². The SMILES string of the molecule is [InH3].[O-][Cl+3]([O-])([O-])O. The van der Waals surface area contributed by atoms with E-state index in [2.05, 4.69) is 0 Å². The number of hydrogen-bond acceptors (Lipinski definition) is 4. The first kappa shape index (κ1) is 10.1. The van der Waals surface area contributed by atoms with Crippen molar-refractivity contribution < 1.29 is 28.9 Å². The maximum absolute atomic E-state index is 8.60. The van der Waals surface area contributed by atoms with Crippen LogP contribution in [-0.2, 0) is 0 Å². The Morgan fingerprint density at radius 1 is 1.17 bits per heavy atom. The molecule has 4 nitrogen and oxygen atoms in total. The van der Waals surface area contributed by atoms with Gasteiger partial charge in [-0.25, -0.2) is 0 Å². The Balaban J connectivity index is 0. The summed E-state index contributed by atoms with van der Waals surface area (Å²) in [5, 5.41) is 0. The molecule has 0 bridgehead atoms. The van der Waals surface area contributed by atoms with Gasteiger partial charge < -0.3 is 0 Å². The molecule has 0 unspecified atom stereocenters. The Bertz CT molecular complexity index is 23.0. The molecule has 6 heteroatoms. The van der Waals surface area contributed by atoms with E-state index >= 15 is 0 Å². The van der Waals surface area contributed by atoms with Crippen molar-refractivity contribution in [3.8, 4) is 0 Å². The molecule has 0 heterocycles. The van der Waals surface area contributed by atoms with E-state index in [1.807, 2.05) is 0 Å². The van der Waals surface area contributed by atoms with Crippen LogP contribution < -0.4 is 14.0 Å². The third kappa shape index (κ3) is 80.0. The third-order valence-electron chi connectivity index (χ3n) is 0. The second-order valence-electron chi connectivity index (χ2n) is 0.396. The van der Waals surface area contributed by atoms with Crippen LogP contribution in [0, 0.1) is 10.2 Å². The Hall–Kier alpha value is 1.00. The van der Waals surface area contributed by atoms with Gasteiger partial charge in [0.05, 0.1) is 14.9 Å². The Labute approximate surface area is 54.9 Å². The topological polar surface area (TPSA) is 89.4 Å². The molecule has 0 rings (SSSR count). The van der Waals surface area contributed by atoms with Crippen molar-refractivity contribution in [2.75, 3.05) is 0 Å². The minimum absolute atomic E-state index is 0. The summed E-state index contributed by atoms with van der Waals surface area (Å²) in [6, 6.07) is 0. The summed E-state index contributed by atoms with van der Waals surface area (Å²) in [7, 11) is -4.69. The van der Waals surface area contributed by atoms with Gasteiger partial charge in [-0.2, -0.15) is 14.0 Å². The average molecular weight is 218 g/mol. The van der Waals surface area contributed by atoms with Gasteiger partial charge in [0.15, 0.2) is 0 Å². The first-order valence-corrected chi connectivity index (χ1v) is 1.90. The quantitative estimate of drug-likeness (QED) is 0.440. The predicted octanol–water partition coefficient (Wildman–Crippen LogP) is -5.31. The van der Waals surface area contributed by atoms with Gasteiger partial charge in [0.25, 0.3) is 0 Å². The zero-order valence-corrected chi connectivity index (χ0v) is 2.81. The largest absolute Gasteiger partial charge is 0.183 e. The second kappa shape index (κ2) is 3.06. The van der Waals surface area contributed by atoms with Crippen LogP contribution in [0.2, 0.25) is 0 Å². The first-order valence-electron chi connectivity index (χ1n) is 0.632. The molecule has 0 aliphatic carbocycles. The minimum atomic E-state index is -4.69. The molecule has 0 spiro atoms. The molecular weight excluding hydrogens is 214 g/mol. The van der Waals surface area contributed by atoms with Crippen molar-refractivity contribution in [3.63, 3.8) is 0 Å². The molecule has 0 fully saturated rings. The van der Waals surface area contributed by atoms with Crippen molar-refractivity contribution in [1.29, 1.82) is 0 Å². The molecule has 0 saturated heterocycles. The van der Waals surface area contributed by atoms with Crippen LogP contribution in [0.25, 0.3) is 0 Å². The second-order valence-corrected chi connectivity index (χ2v) is 1.19. The zero-order valence-electron chi connectivity index (χ0n) is 2.05. The van der Waals surface area contributed by atoms with E-state index in [1.54, 1.807) is 0 Å². The summed E-state index contributed by atoms with van der Waals surface area (Å²) in [6.07, 6.45) is 0. The smallest absolute Gasteiger partial charge is 0.0777 e. The summed E-state index contributed by atoms with van der Waals surface area (Å²) >= 11 is 0. The molecule has 0 atom stereocenters. The van der Waals surface area contributed by atoms with E-state index < -0.39 is 10.2 Å². The molecule has 0 aromatic rings. The van der Waals surface area contributed by atoms with Gasteiger partial charge in [0.2, 0.25) is 0 Å². The first-order chi connectivity index (χ1) is 2.00. The molecule has 0 aromatic heterocycles. The van der Waals surface area contributed by atoms with Gasteiger partial charge in [0.1, 0.15) is 0 Å². The Morgan fingerprint density at radius 3 is 1.17 bits per heavy atom. The van der Waals surface area contributed by atoms with Crippen molar-refractivity contribution in [1.82, 2.24) is 0 Å². The summed E-state index contributed by atoms with van der Waals surface area (Å²) in [4.78, 5) is 0. The fourth-order valence-corrected chi connectivity index (χ4v) is 0. The molecule has 0 saturated carbocycles. The van der Waals surface area contributed by atoms with E-state index in [4.69, 9.17) is 18.6 Å². The fraction of sp³-hybridized carbons (Fsp3) is 0. The summed E-state index contributed by atoms with van der Waals surface area (Å²) in [5.41, 5.74) is 0. The van der Waals surface area contributed by atoms with Crippen molar-refractivity contribution in [2.45, 2.75) is 0 Å². The van der Waals surface area contributed by atoms with E-state index in [-0.39, 0.29) is 25.8 Å². The van der Waals surface area contributed by atoms with Gasteiger partial charge in [-0.15, -0.1) is 0 Å². The maximum Gasteiger partial charge on any atom is 0.0777 e.